The third kappa shape index (κ3) is 4.28. The fourth-order valence-corrected chi connectivity index (χ4v) is 4.25. The molecule has 0 atom stereocenters. The molecule has 1 heterocycles. The number of nitrogens with one attached hydrogen (secondary N) is 1. The van der Waals surface area contributed by atoms with Gasteiger partial charge in [-0.05, 0) is 62.8 Å². The maximum Gasteiger partial charge on any atom is 0.329 e. The van der Waals surface area contributed by atoms with Crippen LogP contribution in [0.25, 0.3) is 11.0 Å². The molecule has 4 rings (SSSR count). The lowest BCUT2D eigenvalue weighted by Crippen LogP contribution is -2.29. The largest absolute Gasteiger partial charge is 0.352 e. The average molecular weight is 407 g/mol. The Balaban J connectivity index is 0.00000225. The van der Waals surface area contributed by atoms with Crippen LogP contribution in [0.2, 0.25) is 0 Å². The number of hydrogen-bond acceptors (Lipinski definition) is 3. The van der Waals surface area contributed by atoms with Gasteiger partial charge in [0.2, 0.25) is 0 Å². The van der Waals surface area contributed by atoms with Gasteiger partial charge in [-0.1, -0.05) is 19.3 Å². The Bertz CT molecular complexity index is 878. The van der Waals surface area contributed by atoms with E-state index in [4.69, 9.17) is 5.73 Å². The Morgan fingerprint density at radius 1 is 1.11 bits per heavy atom. The summed E-state index contributed by atoms with van der Waals surface area (Å²) in [4.78, 5) is 25.7. The van der Waals surface area contributed by atoms with Crippen LogP contribution in [-0.4, -0.2) is 28.1 Å². The minimum absolute atomic E-state index is 0. The molecule has 1 aromatic carbocycles. The van der Waals surface area contributed by atoms with Gasteiger partial charge in [0.05, 0.1) is 11.0 Å². The third-order valence-electron chi connectivity index (χ3n) is 5.97. The van der Waals surface area contributed by atoms with Crippen LogP contribution in [0.3, 0.4) is 0 Å². The number of imidazole rings is 1. The van der Waals surface area contributed by atoms with Gasteiger partial charge >= 0.3 is 5.69 Å². The molecule has 0 bridgehead atoms. The van der Waals surface area contributed by atoms with E-state index < -0.39 is 0 Å². The molecule has 1 aromatic heterocycles. The summed E-state index contributed by atoms with van der Waals surface area (Å²) >= 11 is 0. The predicted octanol–water partition coefficient (Wildman–Crippen LogP) is 3.22. The molecule has 6 nitrogen and oxygen atoms in total. The SMILES string of the molecule is Cl.NCCCNC(=O)c1ccc2c(c1)n(CC1CC1)c(=O)n2C1CCCCC1. The summed E-state index contributed by atoms with van der Waals surface area (Å²) in [5, 5.41) is 2.91. The first kappa shape index (κ1) is 20.9. The normalized spacial score (nSPS) is 17.5. The van der Waals surface area contributed by atoms with Crippen LogP contribution in [0.5, 0.6) is 0 Å². The van der Waals surface area contributed by atoms with Crippen molar-refractivity contribution in [1.82, 2.24) is 14.5 Å². The first-order valence-electron chi connectivity index (χ1n) is 10.4. The molecule has 3 N–H and O–H groups in total. The Kier molecular flexibility index (Phi) is 6.83. The summed E-state index contributed by atoms with van der Waals surface area (Å²) in [7, 11) is 0. The van der Waals surface area contributed by atoms with E-state index in [-0.39, 0.29) is 24.0 Å². The second kappa shape index (κ2) is 9.14. The van der Waals surface area contributed by atoms with Crippen LogP contribution in [0.4, 0.5) is 0 Å². The number of carbonyl (C=O) groups excluding carboxylic acids is 1. The lowest BCUT2D eigenvalue weighted by molar-refractivity contribution is 0.0953. The number of aromatic nitrogens is 2. The zero-order valence-electron chi connectivity index (χ0n) is 16.4. The highest BCUT2D eigenvalue weighted by molar-refractivity contribution is 5.97. The summed E-state index contributed by atoms with van der Waals surface area (Å²) < 4.78 is 3.92. The first-order chi connectivity index (χ1) is 13.2. The lowest BCUT2D eigenvalue weighted by Gasteiger charge is -2.23. The van der Waals surface area contributed by atoms with Gasteiger partial charge in [0, 0.05) is 24.7 Å². The van der Waals surface area contributed by atoms with Crippen molar-refractivity contribution in [3.63, 3.8) is 0 Å². The molecular formula is C21H31ClN4O2. The summed E-state index contributed by atoms with van der Waals surface area (Å²) in [6.45, 7) is 1.91. The van der Waals surface area contributed by atoms with Crippen LogP contribution in [0, 0.1) is 5.92 Å². The second-order valence-electron chi connectivity index (χ2n) is 8.10. The van der Waals surface area contributed by atoms with E-state index in [0.717, 1.165) is 36.8 Å². The Labute approximate surface area is 171 Å². The summed E-state index contributed by atoms with van der Waals surface area (Å²) in [5.74, 6) is 0.510. The minimum atomic E-state index is -0.0961. The Morgan fingerprint density at radius 2 is 1.86 bits per heavy atom. The Hall–Kier alpha value is -1.79. The van der Waals surface area contributed by atoms with Crippen LogP contribution in [0.15, 0.2) is 23.0 Å². The van der Waals surface area contributed by atoms with Gasteiger partial charge < -0.3 is 11.1 Å². The highest BCUT2D eigenvalue weighted by atomic mass is 35.5. The van der Waals surface area contributed by atoms with Crippen molar-refractivity contribution in [1.29, 1.82) is 0 Å². The van der Waals surface area contributed by atoms with Crippen molar-refractivity contribution in [2.24, 2.45) is 11.7 Å². The van der Waals surface area contributed by atoms with Crippen molar-refractivity contribution in [3.05, 3.63) is 34.2 Å². The lowest BCUT2D eigenvalue weighted by atomic mass is 9.95. The zero-order valence-corrected chi connectivity index (χ0v) is 17.2. The Morgan fingerprint density at radius 3 is 2.54 bits per heavy atom. The smallest absolute Gasteiger partial charge is 0.329 e. The number of nitrogens with two attached hydrogens (primary N) is 1. The molecule has 154 valence electrons. The van der Waals surface area contributed by atoms with Crippen molar-refractivity contribution in [3.8, 4) is 0 Å². The van der Waals surface area contributed by atoms with E-state index in [1.54, 1.807) is 0 Å². The van der Waals surface area contributed by atoms with Gasteiger partial charge in [-0.3, -0.25) is 13.9 Å². The van der Waals surface area contributed by atoms with E-state index in [9.17, 15) is 9.59 Å². The predicted molar refractivity (Wildman–Crippen MR) is 114 cm³/mol. The minimum Gasteiger partial charge on any atom is -0.352 e. The van der Waals surface area contributed by atoms with Crippen molar-refractivity contribution >= 4 is 29.3 Å². The van der Waals surface area contributed by atoms with Crippen LogP contribution in [-0.2, 0) is 6.54 Å². The highest BCUT2D eigenvalue weighted by Gasteiger charge is 2.27. The third-order valence-corrected chi connectivity index (χ3v) is 5.97. The number of amides is 1. The summed E-state index contributed by atoms with van der Waals surface area (Å²) in [6, 6.07) is 6.00. The fourth-order valence-electron chi connectivity index (χ4n) is 4.25. The van der Waals surface area contributed by atoms with E-state index in [0.29, 0.717) is 30.6 Å². The maximum absolute atomic E-state index is 13.3. The van der Waals surface area contributed by atoms with E-state index in [2.05, 4.69) is 5.32 Å². The quantitative estimate of drug-likeness (QED) is 0.692. The van der Waals surface area contributed by atoms with Crippen molar-refractivity contribution in [2.45, 2.75) is 64.0 Å². The molecule has 0 radical (unpaired) electrons. The molecule has 0 saturated heterocycles. The number of carbonyl (C=O) groups is 1. The molecule has 2 fully saturated rings. The zero-order chi connectivity index (χ0) is 18.8. The molecule has 2 aliphatic carbocycles. The number of nitrogens with zero attached hydrogens (tertiary/aromatic N) is 2. The first-order valence-corrected chi connectivity index (χ1v) is 10.4. The van der Waals surface area contributed by atoms with Gasteiger partial charge in [0.15, 0.2) is 0 Å². The molecule has 2 aliphatic rings. The number of fused-ring (bicyclic) bond motifs is 1. The molecule has 0 unspecified atom stereocenters. The maximum atomic E-state index is 13.3. The number of benzene rings is 1. The molecule has 0 aliphatic heterocycles. The number of hydrogen-bond donors (Lipinski definition) is 2. The monoisotopic (exact) mass is 406 g/mol. The van der Waals surface area contributed by atoms with Gasteiger partial charge in [-0.2, -0.15) is 0 Å². The molecule has 2 saturated carbocycles. The molecule has 0 spiro atoms. The van der Waals surface area contributed by atoms with Crippen LogP contribution in [0.1, 0.15) is 67.8 Å². The summed E-state index contributed by atoms with van der Waals surface area (Å²) in [6.07, 6.45) is 8.94. The molecule has 1 amide bonds. The molecule has 28 heavy (non-hydrogen) atoms. The molecule has 2 aromatic rings. The molecule has 7 heteroatoms. The van der Waals surface area contributed by atoms with E-state index >= 15 is 0 Å². The van der Waals surface area contributed by atoms with Crippen molar-refractivity contribution < 1.29 is 4.79 Å². The van der Waals surface area contributed by atoms with Gasteiger partial charge in [-0.15, -0.1) is 12.4 Å². The highest BCUT2D eigenvalue weighted by Crippen LogP contribution is 2.33. The van der Waals surface area contributed by atoms with E-state index in [1.165, 1.54) is 32.1 Å². The fraction of sp³-hybridized carbons (Fsp3) is 0.619. The van der Waals surface area contributed by atoms with Crippen LogP contribution >= 0.6 is 12.4 Å². The standard InChI is InChI=1S/C21H30N4O2.ClH/c22-11-4-12-23-20(26)16-9-10-18-19(13-16)24(14-15-7-8-15)21(27)25(18)17-5-2-1-3-6-17;/h9-10,13,15,17H,1-8,11-12,14,22H2,(H,23,26);1H. The van der Waals surface area contributed by atoms with E-state index in [1.807, 2.05) is 27.3 Å². The van der Waals surface area contributed by atoms with Crippen molar-refractivity contribution in [2.75, 3.05) is 13.1 Å². The number of rotatable bonds is 7. The van der Waals surface area contributed by atoms with Gasteiger partial charge in [0.25, 0.3) is 5.91 Å². The van der Waals surface area contributed by atoms with Gasteiger partial charge in [0.1, 0.15) is 0 Å². The second-order valence-corrected chi connectivity index (χ2v) is 8.10. The molecular weight excluding hydrogens is 376 g/mol. The van der Waals surface area contributed by atoms with Crippen LogP contribution < -0.4 is 16.7 Å². The number of halogens is 1. The summed E-state index contributed by atoms with van der Waals surface area (Å²) in [5.41, 5.74) is 8.10. The van der Waals surface area contributed by atoms with Gasteiger partial charge in [-0.25, -0.2) is 4.79 Å². The average Bonchev–Trinajstić information content (AvgIpc) is 3.47. The topological polar surface area (TPSA) is 82.1 Å².